The zero-order valence-corrected chi connectivity index (χ0v) is 23.4. The number of nitrogens with zero attached hydrogens (tertiary/aromatic N) is 4. The number of carbonyl (C=O) groups is 3. The van der Waals surface area contributed by atoms with Crippen LogP contribution in [0.4, 0.5) is 0 Å². The first kappa shape index (κ1) is 26.2. The van der Waals surface area contributed by atoms with E-state index in [4.69, 9.17) is 0 Å². The van der Waals surface area contributed by atoms with Gasteiger partial charge in [-0.3, -0.25) is 18.8 Å². The molecular formula is C28H41N5O3S. The van der Waals surface area contributed by atoms with Crippen molar-refractivity contribution in [2.24, 2.45) is 23.7 Å². The van der Waals surface area contributed by atoms with Crippen molar-refractivity contribution < 1.29 is 14.4 Å². The molecule has 0 aromatic carbocycles. The van der Waals surface area contributed by atoms with Gasteiger partial charge in [-0.25, -0.2) is 4.98 Å². The van der Waals surface area contributed by atoms with Crippen LogP contribution in [0.2, 0.25) is 0 Å². The monoisotopic (exact) mass is 527 g/mol. The highest BCUT2D eigenvalue weighted by Crippen LogP contribution is 2.37. The smallest absolute Gasteiger partial charge is 0.272 e. The van der Waals surface area contributed by atoms with Crippen LogP contribution >= 0.6 is 11.3 Å². The third-order valence-corrected chi connectivity index (χ3v) is 9.52. The predicted molar refractivity (Wildman–Crippen MR) is 144 cm³/mol. The van der Waals surface area contributed by atoms with Gasteiger partial charge in [0.2, 0.25) is 11.8 Å². The number of thiazole rings is 1. The van der Waals surface area contributed by atoms with Gasteiger partial charge in [0.1, 0.15) is 5.69 Å². The number of piperidine rings is 2. The predicted octanol–water partition coefficient (Wildman–Crippen LogP) is 4.12. The quantitative estimate of drug-likeness (QED) is 0.636. The van der Waals surface area contributed by atoms with Crippen LogP contribution in [-0.4, -0.2) is 68.6 Å². The number of aryl methyl sites for hydroxylation is 1. The largest absolute Gasteiger partial charge is 0.353 e. The molecule has 9 heteroatoms. The molecule has 0 spiro atoms. The Bertz CT molecular complexity index is 1160. The lowest BCUT2D eigenvalue weighted by Gasteiger charge is -2.51. The number of aromatic nitrogens is 2. The lowest BCUT2D eigenvalue weighted by atomic mass is 9.77. The van der Waals surface area contributed by atoms with Gasteiger partial charge in [0.25, 0.3) is 5.91 Å². The molecule has 5 rings (SSSR count). The van der Waals surface area contributed by atoms with E-state index in [2.05, 4.69) is 36.0 Å². The molecule has 0 aliphatic carbocycles. The van der Waals surface area contributed by atoms with E-state index >= 15 is 0 Å². The van der Waals surface area contributed by atoms with Crippen molar-refractivity contribution in [3.8, 4) is 0 Å². The maximum absolute atomic E-state index is 13.7. The summed E-state index contributed by atoms with van der Waals surface area (Å²) in [6, 6.07) is 0.238. The van der Waals surface area contributed by atoms with E-state index in [9.17, 15) is 14.4 Å². The molecule has 3 aliphatic rings. The minimum Gasteiger partial charge on any atom is -0.353 e. The van der Waals surface area contributed by atoms with Crippen LogP contribution in [0.3, 0.4) is 0 Å². The number of hydrogen-bond donors (Lipinski definition) is 1. The minimum absolute atomic E-state index is 0.0373. The molecular weight excluding hydrogens is 486 g/mol. The van der Waals surface area contributed by atoms with Gasteiger partial charge in [-0.05, 0) is 62.7 Å². The summed E-state index contributed by atoms with van der Waals surface area (Å²) in [5.74, 6) is 1.58. The van der Waals surface area contributed by atoms with Crippen LogP contribution in [0.5, 0.6) is 0 Å². The van der Waals surface area contributed by atoms with E-state index in [0.29, 0.717) is 44.1 Å². The summed E-state index contributed by atoms with van der Waals surface area (Å²) in [5, 5.41) is 5.22. The molecule has 2 aromatic rings. The molecule has 2 bridgehead atoms. The Hall–Kier alpha value is -2.42. The lowest BCUT2D eigenvalue weighted by molar-refractivity contribution is -0.141. The van der Waals surface area contributed by atoms with Gasteiger partial charge in [0.15, 0.2) is 4.96 Å². The Morgan fingerprint density at radius 3 is 2.76 bits per heavy atom. The average Bonchev–Trinajstić information content (AvgIpc) is 3.41. The van der Waals surface area contributed by atoms with Gasteiger partial charge in [-0.2, -0.15) is 0 Å². The molecule has 202 valence electrons. The Kier molecular flexibility index (Phi) is 7.61. The number of likely N-dealkylation sites (tertiary alicyclic amines) is 1. The van der Waals surface area contributed by atoms with Crippen LogP contribution in [0, 0.1) is 30.6 Å². The summed E-state index contributed by atoms with van der Waals surface area (Å²) in [4.78, 5) is 49.6. The number of imidazole rings is 1. The fraction of sp³-hybridized carbons (Fsp3) is 0.714. The van der Waals surface area contributed by atoms with Crippen molar-refractivity contribution in [3.05, 3.63) is 23.0 Å². The van der Waals surface area contributed by atoms with Gasteiger partial charge in [-0.1, -0.05) is 20.8 Å². The fourth-order valence-electron chi connectivity index (χ4n) is 6.78. The van der Waals surface area contributed by atoms with Gasteiger partial charge in [0, 0.05) is 56.1 Å². The van der Waals surface area contributed by atoms with Crippen molar-refractivity contribution in [1.29, 1.82) is 0 Å². The maximum Gasteiger partial charge on any atom is 0.272 e. The zero-order chi connectivity index (χ0) is 26.3. The Morgan fingerprint density at radius 2 is 1.97 bits per heavy atom. The van der Waals surface area contributed by atoms with Crippen molar-refractivity contribution >= 4 is 34.0 Å². The van der Waals surface area contributed by atoms with E-state index in [1.807, 2.05) is 27.8 Å². The molecule has 3 aliphatic heterocycles. The highest BCUT2D eigenvalue weighted by Gasteiger charge is 2.44. The van der Waals surface area contributed by atoms with E-state index in [-0.39, 0.29) is 47.6 Å². The molecule has 3 amide bonds. The maximum atomic E-state index is 13.7. The van der Waals surface area contributed by atoms with Crippen LogP contribution in [0.1, 0.15) is 81.9 Å². The van der Waals surface area contributed by atoms with Gasteiger partial charge in [-0.15, -0.1) is 11.3 Å². The third kappa shape index (κ3) is 5.42. The molecule has 37 heavy (non-hydrogen) atoms. The summed E-state index contributed by atoms with van der Waals surface area (Å²) in [6.07, 6.45) is 7.41. The van der Waals surface area contributed by atoms with E-state index < -0.39 is 0 Å². The van der Waals surface area contributed by atoms with Crippen LogP contribution in [-0.2, 0) is 9.59 Å². The first-order valence-electron chi connectivity index (χ1n) is 14.0. The number of hydrogen-bond acceptors (Lipinski definition) is 5. The molecule has 5 heterocycles. The van der Waals surface area contributed by atoms with Crippen molar-refractivity contribution in [2.45, 2.75) is 84.7 Å². The second-order valence-electron chi connectivity index (χ2n) is 12.0. The summed E-state index contributed by atoms with van der Waals surface area (Å²) in [7, 11) is 0. The Morgan fingerprint density at radius 1 is 1.16 bits per heavy atom. The molecule has 8 nitrogen and oxygen atoms in total. The van der Waals surface area contributed by atoms with E-state index in [1.165, 1.54) is 11.3 Å². The molecule has 0 unspecified atom stereocenters. The summed E-state index contributed by atoms with van der Waals surface area (Å²) in [6.45, 7) is 10.4. The Labute approximate surface area is 223 Å². The van der Waals surface area contributed by atoms with Crippen LogP contribution < -0.4 is 5.32 Å². The number of rotatable bonds is 2. The van der Waals surface area contributed by atoms with E-state index in [0.717, 1.165) is 42.8 Å². The topological polar surface area (TPSA) is 87.0 Å². The van der Waals surface area contributed by atoms with Crippen LogP contribution in [0.25, 0.3) is 4.96 Å². The molecule has 1 N–H and O–H groups in total. The zero-order valence-electron chi connectivity index (χ0n) is 22.6. The molecule has 3 saturated heterocycles. The van der Waals surface area contributed by atoms with Crippen molar-refractivity contribution in [3.63, 3.8) is 0 Å². The molecule has 0 saturated carbocycles. The van der Waals surface area contributed by atoms with Crippen LogP contribution in [0.15, 0.2) is 11.6 Å². The van der Waals surface area contributed by atoms with Crippen molar-refractivity contribution in [2.75, 3.05) is 19.6 Å². The third-order valence-electron chi connectivity index (χ3n) is 8.76. The Balaban J connectivity index is 1.35. The van der Waals surface area contributed by atoms with E-state index in [1.54, 1.807) is 0 Å². The van der Waals surface area contributed by atoms with Crippen molar-refractivity contribution in [1.82, 2.24) is 24.5 Å². The highest BCUT2D eigenvalue weighted by molar-refractivity contribution is 7.15. The fourth-order valence-corrected chi connectivity index (χ4v) is 7.54. The number of carbonyl (C=O) groups excluding carboxylic acids is 3. The number of amides is 3. The van der Waals surface area contributed by atoms with Gasteiger partial charge in [0.05, 0.1) is 5.69 Å². The molecule has 5 atom stereocenters. The second-order valence-corrected chi connectivity index (χ2v) is 12.9. The molecule has 3 fully saturated rings. The van der Waals surface area contributed by atoms with Gasteiger partial charge < -0.3 is 15.1 Å². The normalized spacial score (nSPS) is 29.9. The summed E-state index contributed by atoms with van der Waals surface area (Å²) in [5.41, 5.74) is 1.43. The molecule has 2 aromatic heterocycles. The first-order valence-corrected chi connectivity index (χ1v) is 14.9. The standard InChI is InChI=1S/C28H41N5O3S/c1-17(2)22-9-8-18(3)12-25(35)33-15-20-13-21(23(33)6-5-7-24(34)30-22)16-31(14-20)27(36)26-19(4)29-28-32(26)10-11-37-28/h10-11,17-18,20-23H,5-9,12-16H2,1-4H3,(H,30,34)/t18-,20+,21-,22+,23+/m1/s1. The highest BCUT2D eigenvalue weighted by atomic mass is 32.1. The van der Waals surface area contributed by atoms with Gasteiger partial charge >= 0.3 is 0 Å². The minimum atomic E-state index is 0.0373. The average molecular weight is 528 g/mol. The lowest BCUT2D eigenvalue weighted by Crippen LogP contribution is -2.60. The SMILES string of the molecule is Cc1nc2sccn2c1C(=O)N1C[C@@H]2C[C@H](C1)[C@@H]1CCCC(=O)N[C@H](C(C)C)CC[C@@H](C)CC(=O)N1C2. The summed E-state index contributed by atoms with van der Waals surface area (Å²) < 4.78 is 1.91. The number of nitrogens with one attached hydrogen (secondary N) is 1. The molecule has 0 radical (unpaired) electrons. The number of fused-ring (bicyclic) bond motifs is 5. The summed E-state index contributed by atoms with van der Waals surface area (Å²) >= 11 is 1.54. The first-order chi connectivity index (χ1) is 17.7. The second kappa shape index (κ2) is 10.8.